The van der Waals surface area contributed by atoms with Gasteiger partial charge in [-0.25, -0.2) is 0 Å². The lowest BCUT2D eigenvalue weighted by Crippen LogP contribution is -2.33. The summed E-state index contributed by atoms with van der Waals surface area (Å²) in [5, 5.41) is 33.0. The Labute approximate surface area is 147 Å². The third kappa shape index (κ3) is 3.40. The van der Waals surface area contributed by atoms with Gasteiger partial charge in [-0.05, 0) is 94.2 Å². The molecule has 0 aliphatic carbocycles. The molecule has 0 radical (unpaired) electrons. The van der Waals surface area contributed by atoms with Gasteiger partial charge >= 0.3 is 0 Å². The molecule has 0 aliphatic heterocycles. The molecule has 1 aromatic carbocycles. The number of aliphatic hydroxyl groups is 3. The molecule has 0 saturated heterocycles. The highest BCUT2D eigenvalue weighted by molar-refractivity contribution is 5.56. The lowest BCUT2D eigenvalue weighted by molar-refractivity contribution is 0.0369. The van der Waals surface area contributed by atoms with E-state index in [9.17, 15) is 15.3 Å². The number of rotatable bonds is 6. The van der Waals surface area contributed by atoms with E-state index in [1.54, 1.807) is 0 Å². The SMILES string of the molecule is CCC(C)(O)c1c(C)c(C(C)(O)CC)c(C)c(C(C)(O)CC)c1C. The highest BCUT2D eigenvalue weighted by Crippen LogP contribution is 2.44. The highest BCUT2D eigenvalue weighted by atomic mass is 16.3. The first kappa shape index (κ1) is 21.1. The quantitative estimate of drug-likeness (QED) is 0.718. The molecular formula is C21H36O3. The average molecular weight is 337 g/mol. The maximum atomic E-state index is 11.0. The van der Waals surface area contributed by atoms with Crippen LogP contribution in [0.25, 0.3) is 0 Å². The van der Waals surface area contributed by atoms with Crippen molar-refractivity contribution in [2.75, 3.05) is 0 Å². The molecule has 1 rings (SSSR count). The Morgan fingerprint density at radius 1 is 0.542 bits per heavy atom. The molecular weight excluding hydrogens is 300 g/mol. The molecule has 0 amide bonds. The summed E-state index contributed by atoms with van der Waals surface area (Å²) >= 11 is 0. The summed E-state index contributed by atoms with van der Waals surface area (Å²) in [4.78, 5) is 0. The molecule has 3 heteroatoms. The predicted molar refractivity (Wildman–Crippen MR) is 100 cm³/mol. The van der Waals surface area contributed by atoms with Gasteiger partial charge in [-0.3, -0.25) is 0 Å². The van der Waals surface area contributed by atoms with Crippen LogP contribution in [-0.2, 0) is 16.8 Å². The van der Waals surface area contributed by atoms with E-state index < -0.39 is 16.8 Å². The Balaban J connectivity index is 4.08. The molecule has 0 aliphatic rings. The average Bonchev–Trinajstić information content (AvgIpc) is 2.46. The van der Waals surface area contributed by atoms with Crippen LogP contribution in [0.1, 0.15) is 94.2 Å². The third-order valence-corrected chi connectivity index (χ3v) is 5.93. The highest BCUT2D eigenvalue weighted by Gasteiger charge is 2.37. The van der Waals surface area contributed by atoms with Crippen molar-refractivity contribution in [3.63, 3.8) is 0 Å². The van der Waals surface area contributed by atoms with Crippen molar-refractivity contribution in [2.45, 2.75) is 98.4 Å². The summed E-state index contributed by atoms with van der Waals surface area (Å²) in [7, 11) is 0. The van der Waals surface area contributed by atoms with Crippen molar-refractivity contribution in [1.29, 1.82) is 0 Å². The summed E-state index contributed by atoms with van der Waals surface area (Å²) < 4.78 is 0. The van der Waals surface area contributed by atoms with Crippen LogP contribution in [0.4, 0.5) is 0 Å². The summed E-state index contributed by atoms with van der Waals surface area (Å²) in [5.41, 5.74) is 2.30. The molecule has 24 heavy (non-hydrogen) atoms. The van der Waals surface area contributed by atoms with E-state index in [2.05, 4.69) is 0 Å². The van der Waals surface area contributed by atoms with E-state index >= 15 is 0 Å². The van der Waals surface area contributed by atoms with Crippen LogP contribution in [0.2, 0.25) is 0 Å². The summed E-state index contributed by atoms with van der Waals surface area (Å²) in [5.74, 6) is 0. The first-order valence-electron chi connectivity index (χ1n) is 9.10. The van der Waals surface area contributed by atoms with Crippen molar-refractivity contribution in [3.8, 4) is 0 Å². The van der Waals surface area contributed by atoms with Crippen molar-refractivity contribution in [1.82, 2.24) is 0 Å². The molecule has 3 atom stereocenters. The first-order valence-corrected chi connectivity index (χ1v) is 9.10. The van der Waals surface area contributed by atoms with Crippen molar-refractivity contribution in [3.05, 3.63) is 33.4 Å². The molecule has 138 valence electrons. The summed E-state index contributed by atoms with van der Waals surface area (Å²) in [6, 6.07) is 0. The minimum absolute atomic E-state index is 0.569. The Morgan fingerprint density at radius 2 is 0.708 bits per heavy atom. The standard InChI is InChI=1S/C21H36O3/c1-10-19(7,22)16-13(4)17(20(8,23)11-2)15(6)18(14(16)5)21(9,24)12-3/h22-24H,10-12H2,1-9H3. The van der Waals surface area contributed by atoms with Gasteiger partial charge in [-0.2, -0.15) is 0 Å². The summed E-state index contributed by atoms with van der Waals surface area (Å²) in [6.07, 6.45) is 1.71. The zero-order chi connectivity index (χ0) is 19.1. The fourth-order valence-corrected chi connectivity index (χ4v) is 4.17. The lowest BCUT2D eigenvalue weighted by Gasteiger charge is -2.38. The van der Waals surface area contributed by atoms with Gasteiger partial charge in [0.25, 0.3) is 0 Å². The number of hydrogen-bond acceptors (Lipinski definition) is 3. The molecule has 0 aromatic heterocycles. The van der Waals surface area contributed by atoms with Crippen LogP contribution in [-0.4, -0.2) is 15.3 Å². The van der Waals surface area contributed by atoms with Gasteiger partial charge < -0.3 is 15.3 Å². The van der Waals surface area contributed by atoms with Crippen LogP contribution >= 0.6 is 0 Å². The second-order valence-corrected chi connectivity index (χ2v) is 7.88. The van der Waals surface area contributed by atoms with Gasteiger partial charge in [0.05, 0.1) is 16.8 Å². The Hall–Kier alpha value is -0.900. The largest absolute Gasteiger partial charge is 0.385 e. The van der Waals surface area contributed by atoms with Gasteiger partial charge in [0.15, 0.2) is 0 Å². The number of hydrogen-bond donors (Lipinski definition) is 3. The lowest BCUT2D eigenvalue weighted by atomic mass is 9.72. The van der Waals surface area contributed by atoms with Gasteiger partial charge in [0, 0.05) is 0 Å². The van der Waals surface area contributed by atoms with E-state index in [0.717, 1.165) is 33.4 Å². The summed E-state index contributed by atoms with van der Waals surface area (Å²) in [6.45, 7) is 17.2. The fraction of sp³-hybridized carbons (Fsp3) is 0.714. The van der Waals surface area contributed by atoms with E-state index in [4.69, 9.17) is 0 Å². The topological polar surface area (TPSA) is 60.7 Å². The molecule has 3 nitrogen and oxygen atoms in total. The van der Waals surface area contributed by atoms with E-state index in [0.29, 0.717) is 19.3 Å². The Bertz CT molecular complexity index is 503. The van der Waals surface area contributed by atoms with E-state index in [1.807, 2.05) is 62.3 Å². The van der Waals surface area contributed by atoms with Crippen LogP contribution in [0.5, 0.6) is 0 Å². The van der Waals surface area contributed by atoms with Crippen molar-refractivity contribution < 1.29 is 15.3 Å². The maximum absolute atomic E-state index is 11.0. The first-order chi connectivity index (χ1) is 10.8. The third-order valence-electron chi connectivity index (χ3n) is 5.93. The van der Waals surface area contributed by atoms with Crippen LogP contribution in [0.15, 0.2) is 0 Å². The maximum Gasteiger partial charge on any atom is 0.0871 e. The van der Waals surface area contributed by atoms with E-state index in [-0.39, 0.29) is 0 Å². The molecule has 0 fully saturated rings. The van der Waals surface area contributed by atoms with Crippen LogP contribution in [0, 0.1) is 20.8 Å². The zero-order valence-electron chi connectivity index (χ0n) is 17.0. The van der Waals surface area contributed by atoms with Gasteiger partial charge in [0.2, 0.25) is 0 Å². The molecule has 3 N–H and O–H groups in total. The monoisotopic (exact) mass is 336 g/mol. The predicted octanol–water partition coefficient (Wildman–Crippen LogP) is 4.46. The normalized spacial score (nSPS) is 19.5. The zero-order valence-corrected chi connectivity index (χ0v) is 17.0. The second-order valence-electron chi connectivity index (χ2n) is 7.88. The van der Waals surface area contributed by atoms with Gasteiger partial charge in [-0.1, -0.05) is 20.8 Å². The van der Waals surface area contributed by atoms with Crippen molar-refractivity contribution in [2.24, 2.45) is 0 Å². The fourth-order valence-electron chi connectivity index (χ4n) is 4.17. The smallest absolute Gasteiger partial charge is 0.0871 e. The number of benzene rings is 1. The van der Waals surface area contributed by atoms with Gasteiger partial charge in [0.1, 0.15) is 0 Å². The van der Waals surface area contributed by atoms with Crippen LogP contribution in [0.3, 0.4) is 0 Å². The minimum atomic E-state index is -1.00. The molecule has 0 heterocycles. The van der Waals surface area contributed by atoms with Gasteiger partial charge in [-0.15, -0.1) is 0 Å². The molecule has 0 spiro atoms. The Kier molecular flexibility index (Phi) is 5.97. The van der Waals surface area contributed by atoms with Crippen molar-refractivity contribution >= 4 is 0 Å². The molecule has 3 unspecified atom stereocenters. The minimum Gasteiger partial charge on any atom is -0.385 e. The van der Waals surface area contributed by atoms with Crippen LogP contribution < -0.4 is 0 Å². The molecule has 0 bridgehead atoms. The second kappa shape index (κ2) is 6.78. The Morgan fingerprint density at radius 3 is 0.833 bits per heavy atom. The molecule has 1 aromatic rings. The van der Waals surface area contributed by atoms with E-state index in [1.165, 1.54) is 0 Å². The molecule has 0 saturated carbocycles.